The van der Waals surface area contributed by atoms with E-state index in [1.54, 1.807) is 6.20 Å². The van der Waals surface area contributed by atoms with Gasteiger partial charge in [-0.15, -0.1) is 0 Å². The van der Waals surface area contributed by atoms with Gasteiger partial charge in [0.2, 0.25) is 0 Å². The second-order valence-corrected chi connectivity index (χ2v) is 3.86. The highest BCUT2D eigenvalue weighted by Crippen LogP contribution is 2.28. The van der Waals surface area contributed by atoms with Crippen LogP contribution in [0.15, 0.2) is 24.8 Å². The number of hydrogen-bond donors (Lipinski definition) is 1. The van der Waals surface area contributed by atoms with Crippen LogP contribution in [0, 0.1) is 0 Å². The van der Waals surface area contributed by atoms with Gasteiger partial charge in [0, 0.05) is 12.6 Å². The molecule has 0 spiro atoms. The first kappa shape index (κ1) is 14.0. The van der Waals surface area contributed by atoms with Gasteiger partial charge in [0.1, 0.15) is 11.8 Å². The standard InChI is InChI=1S/C11H9F3N4O2/c12-11(13,14)10-5-15-4-8(18-10)9(20-6-19)1-7-2-16-17-3-7/h2-6,9H,1H2,(H,16,17). The Morgan fingerprint density at radius 2 is 2.15 bits per heavy atom. The Hall–Kier alpha value is -2.45. The number of nitrogens with one attached hydrogen (secondary N) is 1. The number of nitrogens with zero attached hydrogens (tertiary/aromatic N) is 3. The van der Waals surface area contributed by atoms with E-state index in [2.05, 4.69) is 20.2 Å². The Balaban J connectivity index is 2.27. The summed E-state index contributed by atoms with van der Waals surface area (Å²) in [7, 11) is 0. The van der Waals surface area contributed by atoms with Crippen LogP contribution in [-0.4, -0.2) is 26.6 Å². The molecule has 0 saturated carbocycles. The predicted molar refractivity (Wildman–Crippen MR) is 59.2 cm³/mol. The van der Waals surface area contributed by atoms with Crippen molar-refractivity contribution in [3.8, 4) is 0 Å². The SMILES string of the molecule is O=COC(Cc1cn[nH]c1)c1cncc(C(F)(F)F)n1. The van der Waals surface area contributed by atoms with E-state index in [1.807, 2.05) is 0 Å². The van der Waals surface area contributed by atoms with Gasteiger partial charge in [-0.1, -0.05) is 0 Å². The van der Waals surface area contributed by atoms with Gasteiger partial charge >= 0.3 is 6.18 Å². The molecule has 2 heterocycles. The number of aromatic nitrogens is 4. The molecule has 0 aromatic carbocycles. The lowest BCUT2D eigenvalue weighted by atomic mass is 10.1. The van der Waals surface area contributed by atoms with Crippen LogP contribution in [-0.2, 0) is 22.1 Å². The number of carbonyl (C=O) groups excluding carboxylic acids is 1. The summed E-state index contributed by atoms with van der Waals surface area (Å²) in [6.45, 7) is 0.159. The molecule has 0 bridgehead atoms. The highest BCUT2D eigenvalue weighted by Gasteiger charge is 2.34. The lowest BCUT2D eigenvalue weighted by Gasteiger charge is -2.14. The lowest BCUT2D eigenvalue weighted by molar-refractivity contribution is -0.141. The van der Waals surface area contributed by atoms with E-state index in [9.17, 15) is 18.0 Å². The fraction of sp³-hybridized carbons (Fsp3) is 0.273. The minimum Gasteiger partial charge on any atom is -0.458 e. The monoisotopic (exact) mass is 286 g/mol. The zero-order valence-electron chi connectivity index (χ0n) is 9.96. The van der Waals surface area contributed by atoms with Gasteiger partial charge in [0.25, 0.3) is 6.47 Å². The zero-order valence-corrected chi connectivity index (χ0v) is 9.96. The van der Waals surface area contributed by atoms with Crippen LogP contribution in [0.2, 0.25) is 0 Å². The lowest BCUT2D eigenvalue weighted by Crippen LogP contribution is -2.14. The largest absolute Gasteiger partial charge is 0.458 e. The van der Waals surface area contributed by atoms with Crippen LogP contribution < -0.4 is 0 Å². The van der Waals surface area contributed by atoms with Crippen LogP contribution in [0.4, 0.5) is 13.2 Å². The summed E-state index contributed by atoms with van der Waals surface area (Å²) in [6.07, 6.45) is -0.664. The Morgan fingerprint density at radius 3 is 2.75 bits per heavy atom. The molecule has 9 heteroatoms. The molecule has 0 saturated heterocycles. The summed E-state index contributed by atoms with van der Waals surface area (Å²) in [5.74, 6) is 0. The number of hydrogen-bond acceptors (Lipinski definition) is 5. The van der Waals surface area contributed by atoms with Crippen LogP contribution in [0.25, 0.3) is 0 Å². The number of ether oxygens (including phenoxy) is 1. The third kappa shape index (κ3) is 3.31. The van der Waals surface area contributed by atoms with Crippen molar-refractivity contribution in [2.45, 2.75) is 18.7 Å². The zero-order chi connectivity index (χ0) is 14.6. The predicted octanol–water partition coefficient (Wildman–Crippen LogP) is 1.68. The van der Waals surface area contributed by atoms with Crippen molar-refractivity contribution in [2.75, 3.05) is 0 Å². The van der Waals surface area contributed by atoms with E-state index in [4.69, 9.17) is 4.74 Å². The quantitative estimate of drug-likeness (QED) is 0.846. The maximum Gasteiger partial charge on any atom is 0.434 e. The molecule has 2 aromatic heterocycles. The van der Waals surface area contributed by atoms with Crippen molar-refractivity contribution >= 4 is 6.47 Å². The van der Waals surface area contributed by atoms with E-state index in [1.165, 1.54) is 6.20 Å². The van der Waals surface area contributed by atoms with Gasteiger partial charge in [-0.3, -0.25) is 14.9 Å². The molecule has 1 N–H and O–H groups in total. The molecule has 1 atom stereocenters. The van der Waals surface area contributed by atoms with Gasteiger partial charge in [0.05, 0.1) is 18.6 Å². The second-order valence-electron chi connectivity index (χ2n) is 3.86. The first-order valence-corrected chi connectivity index (χ1v) is 5.46. The molecular weight excluding hydrogens is 277 g/mol. The molecule has 0 fully saturated rings. The Morgan fingerprint density at radius 1 is 1.35 bits per heavy atom. The van der Waals surface area contributed by atoms with E-state index in [-0.39, 0.29) is 18.6 Å². The van der Waals surface area contributed by atoms with Crippen LogP contribution in [0.5, 0.6) is 0 Å². The van der Waals surface area contributed by atoms with Gasteiger partial charge in [-0.05, 0) is 5.56 Å². The fourth-order valence-corrected chi connectivity index (χ4v) is 1.57. The number of aromatic amines is 1. The van der Waals surface area contributed by atoms with Crippen molar-refractivity contribution in [1.29, 1.82) is 0 Å². The summed E-state index contributed by atoms with van der Waals surface area (Å²) in [4.78, 5) is 17.4. The van der Waals surface area contributed by atoms with Crippen molar-refractivity contribution in [3.63, 3.8) is 0 Å². The molecule has 6 nitrogen and oxygen atoms in total. The van der Waals surface area contributed by atoms with Crippen molar-refractivity contribution < 1.29 is 22.7 Å². The average Bonchev–Trinajstić information content (AvgIpc) is 2.90. The van der Waals surface area contributed by atoms with E-state index < -0.39 is 18.0 Å². The molecule has 20 heavy (non-hydrogen) atoms. The summed E-state index contributed by atoms with van der Waals surface area (Å²) >= 11 is 0. The van der Waals surface area contributed by atoms with Crippen molar-refractivity contribution in [2.24, 2.45) is 0 Å². The smallest absolute Gasteiger partial charge is 0.434 e. The van der Waals surface area contributed by atoms with Gasteiger partial charge in [-0.2, -0.15) is 18.3 Å². The highest BCUT2D eigenvalue weighted by atomic mass is 19.4. The Kier molecular flexibility index (Phi) is 3.97. The van der Waals surface area contributed by atoms with Crippen LogP contribution in [0.3, 0.4) is 0 Å². The van der Waals surface area contributed by atoms with E-state index in [0.717, 1.165) is 6.20 Å². The molecule has 0 amide bonds. The summed E-state index contributed by atoms with van der Waals surface area (Å²) in [6, 6.07) is 0. The van der Waals surface area contributed by atoms with E-state index >= 15 is 0 Å². The maximum absolute atomic E-state index is 12.6. The second kappa shape index (κ2) is 5.68. The number of alkyl halides is 3. The molecule has 0 radical (unpaired) electrons. The summed E-state index contributed by atoms with van der Waals surface area (Å²) in [5.41, 5.74) is -0.550. The Bertz CT molecular complexity index is 571. The topological polar surface area (TPSA) is 80.8 Å². The number of halogens is 3. The van der Waals surface area contributed by atoms with Crippen LogP contribution >= 0.6 is 0 Å². The molecule has 2 rings (SSSR count). The molecule has 0 aliphatic rings. The molecule has 0 aliphatic carbocycles. The summed E-state index contributed by atoms with van der Waals surface area (Å²) < 4.78 is 42.5. The number of rotatable bonds is 5. The summed E-state index contributed by atoms with van der Waals surface area (Å²) in [5, 5.41) is 6.26. The maximum atomic E-state index is 12.6. The molecular formula is C11H9F3N4O2. The minimum absolute atomic E-state index is 0.0758. The highest BCUT2D eigenvalue weighted by molar-refractivity contribution is 5.38. The number of carbonyl (C=O) groups is 1. The normalized spacial score (nSPS) is 12.9. The van der Waals surface area contributed by atoms with Crippen molar-refractivity contribution in [1.82, 2.24) is 20.2 Å². The van der Waals surface area contributed by atoms with Crippen LogP contribution in [0.1, 0.15) is 23.1 Å². The Labute approximate surface area is 111 Å². The average molecular weight is 286 g/mol. The first-order valence-electron chi connectivity index (χ1n) is 5.46. The fourth-order valence-electron chi connectivity index (χ4n) is 1.57. The minimum atomic E-state index is -4.61. The van der Waals surface area contributed by atoms with Gasteiger partial charge in [-0.25, -0.2) is 4.98 Å². The van der Waals surface area contributed by atoms with E-state index in [0.29, 0.717) is 11.8 Å². The molecule has 0 aliphatic heterocycles. The molecule has 2 aromatic rings. The van der Waals surface area contributed by atoms with Gasteiger partial charge < -0.3 is 4.74 Å². The molecule has 106 valence electrons. The van der Waals surface area contributed by atoms with Gasteiger partial charge in [0.15, 0.2) is 5.69 Å². The number of H-pyrrole nitrogens is 1. The third-order valence-corrected chi connectivity index (χ3v) is 2.47. The first-order chi connectivity index (χ1) is 9.50. The molecule has 1 unspecified atom stereocenters. The van der Waals surface area contributed by atoms with Crippen molar-refractivity contribution in [3.05, 3.63) is 41.7 Å². The third-order valence-electron chi connectivity index (χ3n) is 2.47.